The van der Waals surface area contributed by atoms with Gasteiger partial charge >= 0.3 is 0 Å². The number of benzene rings is 3. The molecule has 0 aliphatic heterocycles. The quantitative estimate of drug-likeness (QED) is 0.265. The van der Waals surface area contributed by atoms with Crippen molar-refractivity contribution in [3.8, 4) is 22.3 Å². The summed E-state index contributed by atoms with van der Waals surface area (Å²) in [6, 6.07) is 16.8. The first kappa shape index (κ1) is 29.4. The third-order valence-electron chi connectivity index (χ3n) is 7.87. The molecule has 0 bridgehead atoms. The van der Waals surface area contributed by atoms with Crippen LogP contribution in [0.2, 0.25) is 0 Å². The van der Waals surface area contributed by atoms with Crippen LogP contribution in [0.4, 0.5) is 0 Å². The summed E-state index contributed by atoms with van der Waals surface area (Å²) in [5.41, 5.74) is 14.2. The summed E-state index contributed by atoms with van der Waals surface area (Å²) in [4.78, 5) is 0. The molecule has 3 aromatic rings. The molecule has 197 valence electrons. The highest BCUT2D eigenvalue weighted by Crippen LogP contribution is 2.42. The van der Waals surface area contributed by atoms with Gasteiger partial charge in [0.25, 0.3) is 0 Å². The average molecular weight is 510 g/mol. The second-order valence-corrected chi connectivity index (χ2v) is 13.3. The smallest absolute Gasteiger partial charge is 0.0610 e. The van der Waals surface area contributed by atoms with E-state index < -0.39 is 0 Å². The Labute approximate surface area is 231 Å². The van der Waals surface area contributed by atoms with Crippen molar-refractivity contribution in [2.24, 2.45) is 0 Å². The molecule has 0 N–H and O–H groups in total. The molecule has 0 nitrogen and oxygen atoms in total. The first-order valence-electron chi connectivity index (χ1n) is 14.5. The van der Waals surface area contributed by atoms with Crippen molar-refractivity contribution in [2.45, 2.75) is 119 Å². The van der Waals surface area contributed by atoms with Gasteiger partial charge in [0.05, 0.1) is 10.2 Å². The molecule has 0 saturated carbocycles. The lowest BCUT2D eigenvalue weighted by Crippen LogP contribution is -2.16. The second-order valence-electron chi connectivity index (χ2n) is 12.8. The molecule has 0 atom stereocenters. The molecule has 0 amide bonds. The summed E-state index contributed by atoms with van der Waals surface area (Å²) in [7, 11) is 4.25. The predicted molar refractivity (Wildman–Crippen MR) is 167 cm³/mol. The molecule has 0 aromatic heterocycles. The molecule has 0 fully saturated rings. The molecule has 3 radical (unpaired) electrons. The van der Waals surface area contributed by atoms with E-state index in [4.69, 9.17) is 0 Å². The Bertz CT molecular complexity index is 1090. The van der Waals surface area contributed by atoms with Gasteiger partial charge in [-0.25, -0.2) is 0 Å². The monoisotopic (exact) mass is 509 g/mol. The Morgan fingerprint density at radius 1 is 0.432 bits per heavy atom. The van der Waals surface area contributed by atoms with Crippen molar-refractivity contribution in [3.05, 3.63) is 75.8 Å². The highest BCUT2D eigenvalue weighted by atomic mass is 28.1. The molecule has 0 unspecified atom stereocenters. The van der Waals surface area contributed by atoms with Gasteiger partial charge in [0, 0.05) is 0 Å². The maximum absolute atomic E-state index is 4.25. The second kappa shape index (κ2) is 11.7. The zero-order valence-electron chi connectivity index (χ0n) is 25.5. The van der Waals surface area contributed by atoms with Crippen molar-refractivity contribution < 1.29 is 0 Å². The van der Waals surface area contributed by atoms with E-state index in [1.165, 1.54) is 60.8 Å². The van der Waals surface area contributed by atoms with E-state index in [1.807, 2.05) is 0 Å². The van der Waals surface area contributed by atoms with Gasteiger partial charge in [-0.1, -0.05) is 131 Å². The SMILES string of the molecule is CC(C)c1cc(C(C)C)c(-c2cccc(-c3c(C(C)C)cc(C(C)C)cc3C(C)C)c2[Si])c(C(C)C)c1. The van der Waals surface area contributed by atoms with E-state index in [0.717, 1.165) is 0 Å². The summed E-state index contributed by atoms with van der Waals surface area (Å²) < 4.78 is 0. The standard InChI is InChI=1S/C36H49Si/c1-20(2)26-16-30(22(5)6)34(31(17-26)23(7)8)28-14-13-15-29(36(28)37)35-32(24(9)10)18-27(21(3)4)19-33(35)25(11)12/h13-25H,1-12H3. The molecule has 0 aliphatic rings. The zero-order chi connectivity index (χ0) is 27.8. The summed E-state index contributed by atoms with van der Waals surface area (Å²) in [6.45, 7) is 27.9. The predicted octanol–water partition coefficient (Wildman–Crippen LogP) is 10.6. The first-order chi connectivity index (χ1) is 17.3. The highest BCUT2D eigenvalue weighted by Gasteiger charge is 2.24. The molecule has 0 aliphatic carbocycles. The maximum Gasteiger partial charge on any atom is 0.0729 e. The van der Waals surface area contributed by atoms with Crippen molar-refractivity contribution in [1.29, 1.82) is 0 Å². The Kier molecular flexibility index (Phi) is 9.33. The Morgan fingerprint density at radius 2 is 0.703 bits per heavy atom. The van der Waals surface area contributed by atoms with Gasteiger partial charge in [-0.2, -0.15) is 0 Å². The van der Waals surface area contributed by atoms with E-state index in [0.29, 0.717) is 35.5 Å². The third kappa shape index (κ3) is 5.98. The third-order valence-corrected chi connectivity index (χ3v) is 8.41. The van der Waals surface area contributed by atoms with Gasteiger partial charge in [0.1, 0.15) is 0 Å². The summed E-state index contributed by atoms with van der Waals surface area (Å²) in [6.07, 6.45) is 0. The van der Waals surface area contributed by atoms with E-state index in [9.17, 15) is 0 Å². The molecule has 3 aromatic carbocycles. The minimum absolute atomic E-state index is 0.448. The molecule has 1 heteroatoms. The fourth-order valence-corrected chi connectivity index (χ4v) is 5.92. The van der Waals surface area contributed by atoms with Gasteiger partial charge in [-0.3, -0.25) is 0 Å². The number of rotatable bonds is 8. The molecule has 3 rings (SSSR count). The Morgan fingerprint density at radius 3 is 0.919 bits per heavy atom. The van der Waals surface area contributed by atoms with Gasteiger partial charge in [-0.05, 0) is 91.1 Å². The van der Waals surface area contributed by atoms with E-state index in [2.05, 4.69) is 136 Å². The number of hydrogen-bond donors (Lipinski definition) is 0. The Balaban J connectivity index is 2.44. The molecule has 0 spiro atoms. The minimum atomic E-state index is 0.448. The van der Waals surface area contributed by atoms with E-state index >= 15 is 0 Å². The van der Waals surface area contributed by atoms with Crippen LogP contribution >= 0.6 is 0 Å². The largest absolute Gasteiger partial charge is 0.0729 e. The average Bonchev–Trinajstić information content (AvgIpc) is 2.82. The van der Waals surface area contributed by atoms with Crippen LogP contribution in [0.5, 0.6) is 0 Å². The van der Waals surface area contributed by atoms with E-state index in [-0.39, 0.29) is 0 Å². The summed E-state index contributed by atoms with van der Waals surface area (Å²) in [5.74, 6) is 2.82. The molecule has 0 saturated heterocycles. The molecule has 37 heavy (non-hydrogen) atoms. The topological polar surface area (TPSA) is 0 Å². The zero-order valence-corrected chi connectivity index (χ0v) is 26.5. The van der Waals surface area contributed by atoms with Gasteiger partial charge in [0.15, 0.2) is 0 Å². The summed E-state index contributed by atoms with van der Waals surface area (Å²) >= 11 is 0. The van der Waals surface area contributed by atoms with Crippen LogP contribution in [0.3, 0.4) is 0 Å². The van der Waals surface area contributed by atoms with Crippen LogP contribution in [0.1, 0.15) is 152 Å². The van der Waals surface area contributed by atoms with Crippen molar-refractivity contribution in [3.63, 3.8) is 0 Å². The van der Waals surface area contributed by atoms with Crippen LogP contribution in [0.15, 0.2) is 42.5 Å². The molecule has 0 heterocycles. The lowest BCUT2D eigenvalue weighted by atomic mass is 9.79. The van der Waals surface area contributed by atoms with Crippen LogP contribution < -0.4 is 5.19 Å². The van der Waals surface area contributed by atoms with Crippen LogP contribution in [0.25, 0.3) is 22.3 Å². The first-order valence-corrected chi connectivity index (χ1v) is 15.0. The van der Waals surface area contributed by atoms with Gasteiger partial charge < -0.3 is 0 Å². The van der Waals surface area contributed by atoms with Gasteiger partial charge in [0.2, 0.25) is 0 Å². The van der Waals surface area contributed by atoms with Crippen molar-refractivity contribution in [2.75, 3.05) is 0 Å². The van der Waals surface area contributed by atoms with Gasteiger partial charge in [-0.15, -0.1) is 0 Å². The molecular formula is C36H49Si. The minimum Gasteiger partial charge on any atom is -0.0610 e. The van der Waals surface area contributed by atoms with Crippen LogP contribution in [0, 0.1) is 0 Å². The van der Waals surface area contributed by atoms with Crippen molar-refractivity contribution >= 4 is 15.4 Å². The lowest BCUT2D eigenvalue weighted by Gasteiger charge is -2.27. The summed E-state index contributed by atoms with van der Waals surface area (Å²) in [5, 5.41) is 1.21. The highest BCUT2D eigenvalue weighted by molar-refractivity contribution is 6.40. The maximum atomic E-state index is 4.25. The van der Waals surface area contributed by atoms with Crippen LogP contribution in [-0.4, -0.2) is 10.2 Å². The van der Waals surface area contributed by atoms with E-state index in [1.54, 1.807) is 0 Å². The fourth-order valence-electron chi connectivity index (χ4n) is 5.50. The lowest BCUT2D eigenvalue weighted by molar-refractivity contribution is 0.807. The Hall–Kier alpha value is -2.12. The normalized spacial score (nSPS) is 12.3. The van der Waals surface area contributed by atoms with Crippen molar-refractivity contribution in [1.82, 2.24) is 0 Å². The molecular weight excluding hydrogens is 460 g/mol. The van der Waals surface area contributed by atoms with Crippen LogP contribution in [-0.2, 0) is 0 Å². The number of hydrogen-bond acceptors (Lipinski definition) is 0. The fraction of sp³-hybridized carbons (Fsp3) is 0.500.